The van der Waals surface area contributed by atoms with E-state index in [9.17, 15) is 35.4 Å². The Labute approximate surface area is 623 Å². The van der Waals surface area contributed by atoms with Crippen LogP contribution in [0.1, 0.15) is 35.7 Å². The first-order chi connectivity index (χ1) is 60.3. The van der Waals surface area contributed by atoms with Crippen LogP contribution in [0.2, 0.25) is 0 Å². The molecule has 0 bridgehead atoms. The number of hydrogen-bond donors (Lipinski definition) is 0. The predicted molar refractivity (Wildman–Crippen MR) is 435 cm³/mol. The number of nitriles is 1. The van der Waals surface area contributed by atoms with Crippen LogP contribution in [-0.4, -0.2) is 25.0 Å². The largest absolute Gasteiger partial charge is 0.309 e. The summed E-state index contributed by atoms with van der Waals surface area (Å²) in [5.74, 6) is 0. The van der Waals surface area contributed by atoms with Crippen LogP contribution >= 0.6 is 0 Å². The number of hydrogen-bond acceptors (Lipinski definition) is 1. The SMILES string of the molecule is [2H]c1c(-c2ccccc2C#N)c([2H])c2c3c1-n1c4c(-c5ccccc5)cccc4c4ccccc4c4ccccc4c4c(-n5c6c([2H])c([2H])c([2H])c([2H])c6c6c([2H])c([2H])c([2H])c([2H])c65)c([2H])c([2H])c(c41)B3c1c([2H])c([2H])c(-n3c4c([2H])c([2H])c([2H])c([2H])c4c4c([2H])c([2H])c([2H])c([2H])c43)c3c4ccccc4c4ccccc4c4cccc(-c5ccccc5)c4n-2c13. The smallest absolute Gasteiger partial charge is 0.252 e. The summed E-state index contributed by atoms with van der Waals surface area (Å²) >= 11 is 0. The zero-order valence-corrected chi connectivity index (χ0v) is 54.1. The summed E-state index contributed by atoms with van der Waals surface area (Å²) in [5.41, 5.74) is 0.167. The van der Waals surface area contributed by atoms with Crippen LogP contribution in [0, 0.1) is 11.3 Å². The van der Waals surface area contributed by atoms with Gasteiger partial charge in [0.15, 0.2) is 0 Å². The molecule has 0 aliphatic carbocycles. The van der Waals surface area contributed by atoms with Gasteiger partial charge in [0.2, 0.25) is 0 Å². The van der Waals surface area contributed by atoms with Crippen LogP contribution in [0.25, 0.3) is 186 Å². The Hall–Kier alpha value is -13.7. The minimum atomic E-state index is -1.81. The monoisotopic (exact) mass is 1330 g/mol. The van der Waals surface area contributed by atoms with E-state index < -0.39 is 162 Å². The van der Waals surface area contributed by atoms with E-state index in [4.69, 9.17) is 0 Å². The quantitative estimate of drug-likeness (QED) is 0.158. The van der Waals surface area contributed by atoms with E-state index in [0.717, 1.165) is 0 Å². The van der Waals surface area contributed by atoms with Gasteiger partial charge >= 0.3 is 0 Å². The van der Waals surface area contributed by atoms with Gasteiger partial charge in [0.05, 0.1) is 97.3 Å². The average Bonchev–Trinajstić information content (AvgIpc) is 1.61. The van der Waals surface area contributed by atoms with E-state index in [2.05, 4.69) is 6.07 Å². The molecule has 2 aliphatic rings. The highest BCUT2D eigenvalue weighted by atomic mass is 15.1. The van der Waals surface area contributed by atoms with Crippen molar-refractivity contribution in [2.75, 3.05) is 0 Å². The van der Waals surface area contributed by atoms with Gasteiger partial charge in [-0.1, -0.05) is 297 Å². The summed E-state index contributed by atoms with van der Waals surface area (Å²) in [7, 11) is 0. The molecule has 20 aromatic rings. The van der Waals surface area contributed by atoms with Crippen LogP contribution in [0.3, 0.4) is 0 Å². The Kier molecular flexibility index (Phi) is 8.55. The number of fused-ring (bicyclic) bond motifs is 24. The second-order valence-electron chi connectivity index (χ2n) is 25.9. The Morgan fingerprint density at radius 1 is 0.262 bits per heavy atom. The molecule has 0 unspecified atom stereocenters. The second-order valence-corrected chi connectivity index (χ2v) is 25.9. The molecule has 6 heterocycles. The maximum Gasteiger partial charge on any atom is 0.252 e. The van der Waals surface area contributed by atoms with Crippen LogP contribution in [0.4, 0.5) is 0 Å². The first-order valence-corrected chi connectivity index (χ1v) is 33.7. The lowest BCUT2D eigenvalue weighted by Crippen LogP contribution is -2.60. The van der Waals surface area contributed by atoms with Crippen LogP contribution in [0.5, 0.6) is 0 Å². The maximum absolute atomic E-state index is 12.0. The van der Waals surface area contributed by atoms with Crippen molar-refractivity contribution >= 4 is 153 Å². The average molecular weight is 1330 g/mol. The third-order valence-corrected chi connectivity index (χ3v) is 20.8. The van der Waals surface area contributed by atoms with Gasteiger partial charge in [-0.05, 0) is 136 Å². The lowest BCUT2D eigenvalue weighted by molar-refractivity contribution is 1.13. The van der Waals surface area contributed by atoms with E-state index in [-0.39, 0.29) is 110 Å². The van der Waals surface area contributed by atoms with Gasteiger partial charge in [0.1, 0.15) is 0 Å². The fraction of sp³-hybridized carbons (Fsp3) is 0. The van der Waals surface area contributed by atoms with Crippen molar-refractivity contribution < 1.29 is 30.2 Å². The topological polar surface area (TPSA) is 43.5 Å². The number of nitrogens with zero attached hydrogens (tertiary/aromatic N) is 5. The summed E-state index contributed by atoms with van der Waals surface area (Å²) < 4.78 is 233. The first kappa shape index (κ1) is 39.8. The number of aromatic nitrogens is 4. The van der Waals surface area contributed by atoms with Crippen molar-refractivity contribution in [2.24, 2.45) is 0 Å². The summed E-state index contributed by atoms with van der Waals surface area (Å²) in [6, 6.07) is 53.6. The van der Waals surface area contributed by atoms with E-state index >= 15 is 0 Å². The first-order valence-electron chi connectivity index (χ1n) is 44.7. The zero-order valence-electron chi connectivity index (χ0n) is 76.1. The Balaban J connectivity index is 1.15. The normalized spacial score (nSPS) is 15.2. The number of para-hydroxylation sites is 6. The number of benzene rings is 16. The summed E-state index contributed by atoms with van der Waals surface area (Å²) in [4.78, 5) is 0. The standard InChI is InChI=1S/C97H58BN5/c99-59-62-31-7-8-32-64(62)63-57-89-93-90(58-63)103-95-66(61-29-5-2-6-30-61)46-26-48-80(95)72-38-12-10-34-68(72)70-36-14-16-44-78(70)92-88(101-85-51-23-19-41-75(85)76-42-20-24-52-86(76)101)56-54-82(97(92)103)98(93)81-53-55-87(100-83-49-21-17-39-73(83)74-40-18-22-50-84(74)100)91-77-43-15-13-35-69(77)67-33-9-11-37-71(67)79-47-25-45-65(60-27-3-1-4-28-60)94(79)102(89)96(81)91/h1-58H/i17D,18D,19D,20D,21D,22D,23D,24D,39D,40D,41D,42D,49D,50D,51D,52D,53D,54D,55D,56D,57D,58D. The molecular formula is C97H58BN5. The molecule has 103 heavy (non-hydrogen) atoms. The minimum Gasteiger partial charge on any atom is -0.309 e. The molecule has 0 saturated heterocycles. The lowest BCUT2D eigenvalue weighted by atomic mass is 9.34. The van der Waals surface area contributed by atoms with Gasteiger partial charge in [0, 0.05) is 65.6 Å². The van der Waals surface area contributed by atoms with Crippen LogP contribution in [0.15, 0.2) is 351 Å². The van der Waals surface area contributed by atoms with E-state index in [0.29, 0.717) is 76.4 Å². The molecule has 6 heteroatoms. The highest BCUT2D eigenvalue weighted by Crippen LogP contribution is 2.48. The van der Waals surface area contributed by atoms with E-state index in [1.54, 1.807) is 48.5 Å². The molecule has 0 radical (unpaired) electrons. The maximum atomic E-state index is 12.0. The molecule has 474 valence electrons. The molecule has 0 fully saturated rings. The summed E-state index contributed by atoms with van der Waals surface area (Å²) in [5, 5.41) is 15.2. The van der Waals surface area contributed by atoms with E-state index in [1.165, 1.54) is 9.13 Å². The lowest BCUT2D eigenvalue weighted by Gasteiger charge is -2.37. The van der Waals surface area contributed by atoms with Crippen molar-refractivity contribution in [1.29, 1.82) is 5.26 Å². The molecule has 0 spiro atoms. The molecule has 22 rings (SSSR count). The van der Waals surface area contributed by atoms with Crippen molar-refractivity contribution in [3.05, 3.63) is 357 Å². The Bertz CT molecular complexity index is 8110. The van der Waals surface area contributed by atoms with Gasteiger partial charge < -0.3 is 18.3 Å². The molecule has 2 aliphatic heterocycles. The molecule has 4 aromatic heterocycles. The predicted octanol–water partition coefficient (Wildman–Crippen LogP) is 23.0. The highest BCUT2D eigenvalue weighted by molar-refractivity contribution is 7.00. The van der Waals surface area contributed by atoms with E-state index in [1.807, 2.05) is 179 Å². The minimum absolute atomic E-state index is 0.0208. The highest BCUT2D eigenvalue weighted by Gasteiger charge is 2.42. The van der Waals surface area contributed by atoms with Crippen molar-refractivity contribution in [3.8, 4) is 62.2 Å². The molecule has 0 saturated carbocycles. The Morgan fingerprint density at radius 2 is 0.592 bits per heavy atom. The summed E-state index contributed by atoms with van der Waals surface area (Å²) in [6.07, 6.45) is 0. The third-order valence-electron chi connectivity index (χ3n) is 20.8. The van der Waals surface area contributed by atoms with Gasteiger partial charge in [-0.3, -0.25) is 0 Å². The molecular weight excluding hydrogens is 1250 g/mol. The van der Waals surface area contributed by atoms with Crippen molar-refractivity contribution in [3.63, 3.8) is 0 Å². The Morgan fingerprint density at radius 3 is 1.00 bits per heavy atom. The summed E-state index contributed by atoms with van der Waals surface area (Å²) in [6.45, 7) is -1.81. The molecule has 5 nitrogen and oxygen atoms in total. The van der Waals surface area contributed by atoms with Gasteiger partial charge in [-0.2, -0.15) is 5.26 Å². The number of rotatable bonds is 5. The molecule has 0 amide bonds. The van der Waals surface area contributed by atoms with Gasteiger partial charge in [-0.25, -0.2) is 0 Å². The van der Waals surface area contributed by atoms with Gasteiger partial charge in [-0.15, -0.1) is 0 Å². The van der Waals surface area contributed by atoms with Crippen molar-refractivity contribution in [2.45, 2.75) is 0 Å². The fourth-order valence-corrected chi connectivity index (χ4v) is 16.7. The van der Waals surface area contributed by atoms with Crippen LogP contribution < -0.4 is 16.4 Å². The van der Waals surface area contributed by atoms with Gasteiger partial charge in [0.25, 0.3) is 6.71 Å². The molecule has 0 atom stereocenters. The molecule has 0 N–H and O–H groups in total. The van der Waals surface area contributed by atoms with Crippen LogP contribution in [-0.2, 0) is 0 Å². The van der Waals surface area contributed by atoms with Crippen molar-refractivity contribution in [1.82, 2.24) is 18.3 Å². The molecule has 16 aromatic carbocycles. The zero-order chi connectivity index (χ0) is 86.7. The second kappa shape index (κ2) is 22.1. The fourth-order valence-electron chi connectivity index (χ4n) is 16.7. The third kappa shape index (κ3) is 8.07.